The summed E-state index contributed by atoms with van der Waals surface area (Å²) in [6.45, 7) is 6.56. The Hall–Kier alpha value is 0.774. The summed E-state index contributed by atoms with van der Waals surface area (Å²) in [6.07, 6.45) is 3.46. The van der Waals surface area contributed by atoms with Gasteiger partial charge in [-0.25, -0.2) is 0 Å². The molecule has 0 aromatic rings. The first-order valence-corrected chi connectivity index (χ1v) is 7.73. The summed E-state index contributed by atoms with van der Waals surface area (Å²) in [4.78, 5) is 0. The van der Waals surface area contributed by atoms with Crippen LogP contribution in [-0.4, -0.2) is 0 Å². The average Bonchev–Trinajstić information content (AvgIpc) is 2.22. The molecule has 0 N–H and O–H groups in total. The van der Waals surface area contributed by atoms with Gasteiger partial charge in [0.25, 0.3) is 0 Å². The standard InChI is InChI=1S/C8H12.2ClH.Ti/c1-6-4-5-7(2)8(6)3;;;/h4H,5H2,1-3H3;2*1H;/q;;;+2/p-2. The van der Waals surface area contributed by atoms with Gasteiger partial charge in [-0.3, -0.25) is 0 Å². The Morgan fingerprint density at radius 1 is 1.27 bits per heavy atom. The van der Waals surface area contributed by atoms with Crippen LogP contribution in [0.1, 0.15) is 27.2 Å². The number of hydrogen-bond donors (Lipinski definition) is 0. The van der Waals surface area contributed by atoms with E-state index >= 15 is 0 Å². The van der Waals surface area contributed by atoms with Crippen molar-refractivity contribution in [2.75, 3.05) is 0 Å². The molecule has 0 radical (unpaired) electrons. The molecule has 0 aromatic carbocycles. The van der Waals surface area contributed by atoms with Crippen LogP contribution in [0.3, 0.4) is 0 Å². The molecule has 0 spiro atoms. The zero-order chi connectivity index (χ0) is 8.85. The van der Waals surface area contributed by atoms with Gasteiger partial charge < -0.3 is 0 Å². The quantitative estimate of drug-likeness (QED) is 0.547. The topological polar surface area (TPSA) is 0 Å². The summed E-state index contributed by atoms with van der Waals surface area (Å²) in [5.41, 5.74) is 4.48. The zero-order valence-electron chi connectivity index (χ0n) is 7.04. The minimum absolute atomic E-state index is 0.556. The van der Waals surface area contributed by atoms with Crippen LogP contribution >= 0.6 is 18.6 Å². The van der Waals surface area contributed by atoms with Crippen molar-refractivity contribution in [3.63, 3.8) is 0 Å². The van der Waals surface area contributed by atoms with Crippen molar-refractivity contribution in [3.8, 4) is 0 Å². The maximum atomic E-state index is 4.89. The molecule has 1 rings (SSSR count). The third-order valence-corrected chi connectivity index (χ3v) is 1.95. The van der Waals surface area contributed by atoms with Gasteiger partial charge in [0.15, 0.2) is 0 Å². The second-order valence-electron chi connectivity index (χ2n) is 2.57. The van der Waals surface area contributed by atoms with Crippen molar-refractivity contribution in [1.29, 1.82) is 0 Å². The van der Waals surface area contributed by atoms with Crippen molar-refractivity contribution in [3.05, 3.63) is 22.8 Å². The second kappa shape index (κ2) is 6.31. The summed E-state index contributed by atoms with van der Waals surface area (Å²) in [6, 6.07) is 0. The van der Waals surface area contributed by atoms with E-state index in [0.29, 0.717) is 0 Å². The third-order valence-electron chi connectivity index (χ3n) is 1.95. The van der Waals surface area contributed by atoms with E-state index in [-0.39, 0.29) is 0 Å². The van der Waals surface area contributed by atoms with Gasteiger partial charge in [-0.1, -0.05) is 17.2 Å². The first kappa shape index (κ1) is 11.8. The van der Waals surface area contributed by atoms with Crippen molar-refractivity contribution in [2.24, 2.45) is 0 Å². The summed E-state index contributed by atoms with van der Waals surface area (Å²) in [5, 5.41) is 0. The molecule has 0 fully saturated rings. The van der Waals surface area contributed by atoms with Crippen LogP contribution in [0.5, 0.6) is 0 Å². The van der Waals surface area contributed by atoms with E-state index in [4.69, 9.17) is 18.6 Å². The third kappa shape index (κ3) is 4.37. The molecule has 62 valence electrons. The number of rotatable bonds is 0. The molecule has 0 saturated carbocycles. The number of hydrogen-bond acceptors (Lipinski definition) is 0. The first-order chi connectivity index (χ1) is 5.13. The number of halogens is 2. The number of allylic oxidation sites excluding steroid dienone is 4. The van der Waals surface area contributed by atoms with Crippen LogP contribution in [-0.2, 0) is 17.0 Å². The second-order valence-corrected chi connectivity index (χ2v) is 5.15. The molecular weight excluding hydrogens is 215 g/mol. The molecule has 0 atom stereocenters. The van der Waals surface area contributed by atoms with Crippen LogP contribution in [0, 0.1) is 0 Å². The van der Waals surface area contributed by atoms with Gasteiger partial charge in [-0.2, -0.15) is 0 Å². The molecule has 0 unspecified atom stereocenters. The molecular formula is C8H12Cl2Ti. The van der Waals surface area contributed by atoms with E-state index in [1.807, 2.05) is 0 Å². The molecule has 0 nitrogen and oxygen atoms in total. The monoisotopic (exact) mass is 226 g/mol. The van der Waals surface area contributed by atoms with Crippen LogP contribution in [0.4, 0.5) is 0 Å². The van der Waals surface area contributed by atoms with E-state index in [2.05, 4.69) is 26.8 Å². The predicted octanol–water partition coefficient (Wildman–Crippen LogP) is 4.05. The van der Waals surface area contributed by atoms with E-state index in [1.165, 1.54) is 23.1 Å². The van der Waals surface area contributed by atoms with E-state index in [0.717, 1.165) is 0 Å². The maximum absolute atomic E-state index is 4.89. The zero-order valence-corrected chi connectivity index (χ0v) is 10.1. The molecule has 1 aliphatic rings. The SMILES string of the molecule is CC1=CCC(C)=C1C.[Cl][Ti][Cl]. The van der Waals surface area contributed by atoms with E-state index in [9.17, 15) is 0 Å². The Morgan fingerprint density at radius 3 is 1.82 bits per heavy atom. The molecule has 0 aliphatic heterocycles. The van der Waals surface area contributed by atoms with E-state index < -0.39 is 17.0 Å². The molecule has 11 heavy (non-hydrogen) atoms. The van der Waals surface area contributed by atoms with E-state index in [1.54, 1.807) is 0 Å². The molecule has 0 heterocycles. The fraction of sp³-hybridized carbons (Fsp3) is 0.500. The van der Waals surface area contributed by atoms with Crippen LogP contribution in [0.2, 0.25) is 0 Å². The molecule has 3 heteroatoms. The Kier molecular flexibility index (Phi) is 6.75. The summed E-state index contributed by atoms with van der Waals surface area (Å²) in [5.74, 6) is 0. The minimum atomic E-state index is -0.556. The summed E-state index contributed by atoms with van der Waals surface area (Å²) < 4.78 is 0. The Bertz CT molecular complexity index is 177. The predicted molar refractivity (Wildman–Crippen MR) is 48.5 cm³/mol. The Morgan fingerprint density at radius 2 is 1.73 bits per heavy atom. The molecule has 0 saturated heterocycles. The fourth-order valence-corrected chi connectivity index (χ4v) is 0.949. The van der Waals surface area contributed by atoms with Gasteiger partial charge in [0, 0.05) is 0 Å². The molecule has 0 bridgehead atoms. The van der Waals surface area contributed by atoms with Crippen LogP contribution in [0.25, 0.3) is 0 Å². The molecule has 0 amide bonds. The van der Waals surface area contributed by atoms with Crippen molar-refractivity contribution < 1.29 is 17.0 Å². The van der Waals surface area contributed by atoms with Gasteiger partial charge in [-0.15, -0.1) is 0 Å². The fourth-order valence-electron chi connectivity index (χ4n) is 0.949. The van der Waals surface area contributed by atoms with Crippen LogP contribution < -0.4 is 0 Å². The summed E-state index contributed by atoms with van der Waals surface area (Å²) in [7, 11) is 9.78. The van der Waals surface area contributed by atoms with Crippen molar-refractivity contribution in [1.82, 2.24) is 0 Å². The Labute approximate surface area is 85.3 Å². The van der Waals surface area contributed by atoms with Crippen molar-refractivity contribution in [2.45, 2.75) is 27.2 Å². The normalized spacial score (nSPS) is 15.5. The van der Waals surface area contributed by atoms with Gasteiger partial charge in [-0.05, 0) is 32.8 Å². The van der Waals surface area contributed by atoms with Gasteiger partial charge in [0.05, 0.1) is 0 Å². The van der Waals surface area contributed by atoms with Crippen molar-refractivity contribution >= 4 is 18.6 Å². The average molecular weight is 227 g/mol. The Balaban J connectivity index is 0.000000292. The summed E-state index contributed by atoms with van der Waals surface area (Å²) >= 11 is -0.556. The van der Waals surface area contributed by atoms with Gasteiger partial charge in [0.1, 0.15) is 0 Å². The van der Waals surface area contributed by atoms with Gasteiger partial charge >= 0.3 is 35.6 Å². The molecule has 1 aliphatic carbocycles. The first-order valence-electron chi connectivity index (χ1n) is 3.43. The van der Waals surface area contributed by atoms with Crippen LogP contribution in [0.15, 0.2) is 22.8 Å². The molecule has 0 aromatic heterocycles. The van der Waals surface area contributed by atoms with Gasteiger partial charge in [0.2, 0.25) is 0 Å².